The van der Waals surface area contributed by atoms with Crippen LogP contribution >= 0.6 is 0 Å². The molecule has 22 heavy (non-hydrogen) atoms. The zero-order valence-electron chi connectivity index (χ0n) is 12.3. The van der Waals surface area contributed by atoms with Crippen LogP contribution in [0.15, 0.2) is 24.3 Å². The van der Waals surface area contributed by atoms with E-state index in [2.05, 4.69) is 16.6 Å². The maximum absolute atomic E-state index is 11.9. The first-order chi connectivity index (χ1) is 10.6. The Bertz CT molecular complexity index is 584. The van der Waals surface area contributed by atoms with Crippen LogP contribution in [0.3, 0.4) is 0 Å². The van der Waals surface area contributed by atoms with Gasteiger partial charge in [0, 0.05) is 18.2 Å². The molecule has 0 unspecified atom stereocenters. The molecule has 1 aliphatic rings. The summed E-state index contributed by atoms with van der Waals surface area (Å²) >= 11 is 0. The normalized spacial score (nSPS) is 20.7. The third-order valence-electron chi connectivity index (χ3n) is 3.96. The van der Waals surface area contributed by atoms with Crippen molar-refractivity contribution in [2.45, 2.75) is 38.3 Å². The van der Waals surface area contributed by atoms with E-state index in [1.807, 2.05) is 24.3 Å². The van der Waals surface area contributed by atoms with E-state index in [9.17, 15) is 9.59 Å². The largest absolute Gasteiger partial charge is 0.481 e. The van der Waals surface area contributed by atoms with Gasteiger partial charge in [-0.15, -0.1) is 6.42 Å². The Hall–Kier alpha value is -2.48. The number of amides is 2. The van der Waals surface area contributed by atoms with Crippen LogP contribution in [0.25, 0.3) is 0 Å². The molecule has 0 bridgehead atoms. The van der Waals surface area contributed by atoms with Crippen molar-refractivity contribution in [2.24, 2.45) is 5.92 Å². The van der Waals surface area contributed by atoms with Crippen molar-refractivity contribution in [1.82, 2.24) is 10.6 Å². The lowest BCUT2D eigenvalue weighted by Crippen LogP contribution is -2.43. The molecule has 3 N–H and O–H groups in total. The molecule has 1 fully saturated rings. The Kier molecular flexibility index (Phi) is 5.42. The summed E-state index contributed by atoms with van der Waals surface area (Å²) in [5.41, 5.74) is 1.73. The van der Waals surface area contributed by atoms with Crippen molar-refractivity contribution >= 4 is 12.0 Å². The fraction of sp³-hybridized carbons (Fsp3) is 0.412. The fourth-order valence-electron chi connectivity index (χ4n) is 2.67. The van der Waals surface area contributed by atoms with Crippen LogP contribution in [0.4, 0.5) is 4.79 Å². The molecule has 0 radical (unpaired) electrons. The molecule has 2 rings (SSSR count). The summed E-state index contributed by atoms with van der Waals surface area (Å²) in [6.45, 7) is 0.409. The molecular formula is C17H20N2O3. The monoisotopic (exact) mass is 300 g/mol. The Balaban J connectivity index is 1.74. The molecule has 1 aromatic carbocycles. The van der Waals surface area contributed by atoms with Gasteiger partial charge in [-0.05, 0) is 43.4 Å². The second-order valence-electron chi connectivity index (χ2n) is 5.56. The molecular weight excluding hydrogens is 280 g/mol. The van der Waals surface area contributed by atoms with E-state index in [1.54, 1.807) is 0 Å². The number of rotatable bonds is 4. The van der Waals surface area contributed by atoms with Gasteiger partial charge < -0.3 is 15.7 Å². The van der Waals surface area contributed by atoms with Crippen LogP contribution in [0.2, 0.25) is 0 Å². The lowest BCUT2D eigenvalue weighted by atomic mass is 9.86. The molecule has 0 saturated heterocycles. The number of nitrogens with one attached hydrogen (secondary N) is 2. The highest BCUT2D eigenvalue weighted by Crippen LogP contribution is 2.24. The number of carboxylic acid groups (broad SMARTS) is 1. The first-order valence-electron chi connectivity index (χ1n) is 7.41. The van der Waals surface area contributed by atoms with Crippen molar-refractivity contribution in [3.63, 3.8) is 0 Å². The minimum atomic E-state index is -0.740. The van der Waals surface area contributed by atoms with Crippen LogP contribution in [0, 0.1) is 18.3 Å². The molecule has 0 aliphatic heterocycles. The fourth-order valence-corrected chi connectivity index (χ4v) is 2.67. The molecule has 5 heteroatoms. The number of carboxylic acids is 1. The van der Waals surface area contributed by atoms with Crippen LogP contribution in [0.5, 0.6) is 0 Å². The van der Waals surface area contributed by atoms with E-state index in [4.69, 9.17) is 11.5 Å². The van der Waals surface area contributed by atoms with Gasteiger partial charge in [-0.2, -0.15) is 0 Å². The van der Waals surface area contributed by atoms with Crippen molar-refractivity contribution in [3.05, 3.63) is 35.4 Å². The zero-order chi connectivity index (χ0) is 15.9. The lowest BCUT2D eigenvalue weighted by Gasteiger charge is -2.26. The molecule has 0 atom stereocenters. The number of hydrogen-bond acceptors (Lipinski definition) is 2. The smallest absolute Gasteiger partial charge is 0.315 e. The summed E-state index contributed by atoms with van der Waals surface area (Å²) in [5.74, 6) is 1.55. The molecule has 0 spiro atoms. The van der Waals surface area contributed by atoms with Gasteiger partial charge in [0.05, 0.1) is 5.92 Å². The van der Waals surface area contributed by atoms with E-state index < -0.39 is 5.97 Å². The Morgan fingerprint density at radius 3 is 2.64 bits per heavy atom. The highest BCUT2D eigenvalue weighted by Gasteiger charge is 2.26. The van der Waals surface area contributed by atoms with Gasteiger partial charge in [0.15, 0.2) is 0 Å². The van der Waals surface area contributed by atoms with E-state index in [-0.39, 0.29) is 18.0 Å². The van der Waals surface area contributed by atoms with E-state index >= 15 is 0 Å². The standard InChI is InChI=1S/C17H20N2O3/c1-2-12-4-3-5-13(10-12)11-18-17(22)19-15-8-6-14(7-9-15)16(20)21/h1,3-5,10,14-15H,6-9,11H2,(H,20,21)(H2,18,19,22). The number of aliphatic carboxylic acids is 1. The average molecular weight is 300 g/mol. The predicted molar refractivity (Wildman–Crippen MR) is 83.1 cm³/mol. The van der Waals surface area contributed by atoms with E-state index in [0.717, 1.165) is 11.1 Å². The Labute approximate surface area is 130 Å². The number of hydrogen-bond donors (Lipinski definition) is 3. The maximum Gasteiger partial charge on any atom is 0.315 e. The van der Waals surface area contributed by atoms with Gasteiger partial charge in [0.25, 0.3) is 0 Å². The first-order valence-corrected chi connectivity index (χ1v) is 7.41. The molecule has 0 aromatic heterocycles. The molecule has 1 saturated carbocycles. The highest BCUT2D eigenvalue weighted by atomic mass is 16.4. The molecule has 1 aromatic rings. The summed E-state index contributed by atoms with van der Waals surface area (Å²) < 4.78 is 0. The van der Waals surface area contributed by atoms with Crippen LogP contribution in [-0.2, 0) is 11.3 Å². The quantitative estimate of drug-likeness (QED) is 0.745. The SMILES string of the molecule is C#Cc1cccc(CNC(=O)NC2CCC(C(=O)O)CC2)c1. The number of benzene rings is 1. The minimum absolute atomic E-state index is 0.0487. The van der Waals surface area contributed by atoms with Crippen molar-refractivity contribution in [3.8, 4) is 12.3 Å². The second kappa shape index (κ2) is 7.51. The molecule has 0 heterocycles. The first kappa shape index (κ1) is 15.9. The number of carbonyl (C=O) groups excluding carboxylic acids is 1. The van der Waals surface area contributed by atoms with Crippen LogP contribution < -0.4 is 10.6 Å². The van der Waals surface area contributed by atoms with Gasteiger partial charge in [-0.3, -0.25) is 4.79 Å². The van der Waals surface area contributed by atoms with Gasteiger partial charge >= 0.3 is 12.0 Å². The van der Waals surface area contributed by atoms with Crippen molar-refractivity contribution in [2.75, 3.05) is 0 Å². The van der Waals surface area contributed by atoms with Crippen LogP contribution in [0.1, 0.15) is 36.8 Å². The van der Waals surface area contributed by atoms with E-state index in [0.29, 0.717) is 32.2 Å². The maximum atomic E-state index is 11.9. The molecule has 116 valence electrons. The number of carbonyl (C=O) groups is 2. The topological polar surface area (TPSA) is 78.4 Å². The predicted octanol–water partition coefficient (Wildman–Crippen LogP) is 2.11. The lowest BCUT2D eigenvalue weighted by molar-refractivity contribution is -0.142. The summed E-state index contributed by atoms with van der Waals surface area (Å²) in [7, 11) is 0. The molecule has 5 nitrogen and oxygen atoms in total. The number of urea groups is 1. The summed E-state index contributed by atoms with van der Waals surface area (Å²) in [6.07, 6.45) is 7.98. The van der Waals surface area contributed by atoms with Crippen LogP contribution in [-0.4, -0.2) is 23.1 Å². The van der Waals surface area contributed by atoms with Gasteiger partial charge in [0.1, 0.15) is 0 Å². The van der Waals surface area contributed by atoms with Crippen molar-refractivity contribution in [1.29, 1.82) is 0 Å². The summed E-state index contributed by atoms with van der Waals surface area (Å²) in [6, 6.07) is 7.27. The van der Waals surface area contributed by atoms with Gasteiger partial charge in [-0.1, -0.05) is 18.1 Å². The Morgan fingerprint density at radius 1 is 1.27 bits per heavy atom. The minimum Gasteiger partial charge on any atom is -0.481 e. The average Bonchev–Trinajstić information content (AvgIpc) is 2.53. The Morgan fingerprint density at radius 2 is 2.00 bits per heavy atom. The highest BCUT2D eigenvalue weighted by molar-refractivity contribution is 5.74. The van der Waals surface area contributed by atoms with Gasteiger partial charge in [0.2, 0.25) is 0 Å². The molecule has 1 aliphatic carbocycles. The van der Waals surface area contributed by atoms with E-state index in [1.165, 1.54) is 0 Å². The molecule has 2 amide bonds. The summed E-state index contributed by atoms with van der Waals surface area (Å²) in [4.78, 5) is 22.8. The number of terminal acetylenes is 1. The summed E-state index contributed by atoms with van der Waals surface area (Å²) in [5, 5.41) is 14.6. The van der Waals surface area contributed by atoms with Crippen molar-refractivity contribution < 1.29 is 14.7 Å². The third kappa shape index (κ3) is 4.52. The second-order valence-corrected chi connectivity index (χ2v) is 5.56. The van der Waals surface area contributed by atoms with Gasteiger partial charge in [-0.25, -0.2) is 4.79 Å². The zero-order valence-corrected chi connectivity index (χ0v) is 12.3. The third-order valence-corrected chi connectivity index (χ3v) is 3.96.